The van der Waals surface area contributed by atoms with Crippen LogP contribution >= 0.6 is 11.3 Å². The standard InChI is InChI=1S/C27H30N6O2S/c1-27(2)14-22-24(25(34)31-27)36-26(30-22)33-9-10-35-16-21(33)12-17-5-4-6-19(11-17)29-20-8-7-18-15-28-32(3)23(18)13-20/h4-8,11,13,15,21,29H,9-10,12,14,16H2,1-3H3,(H,31,34). The Kier molecular flexibility index (Phi) is 5.69. The van der Waals surface area contributed by atoms with Crippen molar-refractivity contribution in [1.29, 1.82) is 0 Å². The summed E-state index contributed by atoms with van der Waals surface area (Å²) in [7, 11) is 1.96. The van der Waals surface area contributed by atoms with E-state index in [-0.39, 0.29) is 17.5 Å². The lowest BCUT2D eigenvalue weighted by molar-refractivity contribution is 0.0900. The lowest BCUT2D eigenvalue weighted by Gasteiger charge is -2.35. The van der Waals surface area contributed by atoms with Crippen molar-refractivity contribution >= 4 is 44.7 Å². The van der Waals surface area contributed by atoms with Crippen molar-refractivity contribution in [2.24, 2.45) is 7.05 Å². The van der Waals surface area contributed by atoms with Gasteiger partial charge in [-0.25, -0.2) is 4.98 Å². The van der Waals surface area contributed by atoms with Crippen molar-refractivity contribution in [3.05, 3.63) is 64.8 Å². The lowest BCUT2D eigenvalue weighted by atomic mass is 9.94. The molecule has 2 aromatic carbocycles. The van der Waals surface area contributed by atoms with Crippen LogP contribution in [-0.4, -0.2) is 52.0 Å². The minimum absolute atomic E-state index is 0.0158. The molecule has 1 saturated heterocycles. The van der Waals surface area contributed by atoms with Gasteiger partial charge in [-0.2, -0.15) is 5.10 Å². The van der Waals surface area contributed by atoms with Gasteiger partial charge >= 0.3 is 0 Å². The van der Waals surface area contributed by atoms with Gasteiger partial charge in [0.15, 0.2) is 5.13 Å². The molecule has 4 heterocycles. The van der Waals surface area contributed by atoms with Crippen LogP contribution in [0.15, 0.2) is 48.7 Å². The average Bonchev–Trinajstić information content (AvgIpc) is 3.43. The van der Waals surface area contributed by atoms with E-state index >= 15 is 0 Å². The highest BCUT2D eigenvalue weighted by Crippen LogP contribution is 2.34. The van der Waals surface area contributed by atoms with Crippen molar-refractivity contribution in [2.45, 2.75) is 38.3 Å². The number of nitrogens with zero attached hydrogens (tertiary/aromatic N) is 4. The van der Waals surface area contributed by atoms with E-state index in [0.29, 0.717) is 13.2 Å². The largest absolute Gasteiger partial charge is 0.377 e. The molecule has 1 unspecified atom stereocenters. The number of rotatable bonds is 5. The molecule has 2 aliphatic rings. The first-order valence-electron chi connectivity index (χ1n) is 12.3. The molecule has 0 radical (unpaired) electrons. The minimum Gasteiger partial charge on any atom is -0.377 e. The van der Waals surface area contributed by atoms with E-state index in [1.165, 1.54) is 16.9 Å². The van der Waals surface area contributed by atoms with E-state index in [1.54, 1.807) is 0 Å². The third kappa shape index (κ3) is 4.44. The summed E-state index contributed by atoms with van der Waals surface area (Å²) in [6, 6.07) is 15.0. The fraction of sp³-hybridized carbons (Fsp3) is 0.370. The number of thiazole rings is 1. The van der Waals surface area contributed by atoms with Crippen molar-refractivity contribution < 1.29 is 9.53 Å². The van der Waals surface area contributed by atoms with Gasteiger partial charge < -0.3 is 20.3 Å². The Morgan fingerprint density at radius 1 is 1.22 bits per heavy atom. The van der Waals surface area contributed by atoms with E-state index in [4.69, 9.17) is 9.72 Å². The molecular weight excluding hydrogens is 472 g/mol. The maximum Gasteiger partial charge on any atom is 0.263 e. The Balaban J connectivity index is 1.21. The maximum absolute atomic E-state index is 12.6. The number of amides is 1. The number of morpholine rings is 1. The Morgan fingerprint density at radius 2 is 2.08 bits per heavy atom. The smallest absolute Gasteiger partial charge is 0.263 e. The molecule has 0 spiro atoms. The van der Waals surface area contributed by atoms with Crippen molar-refractivity contribution in [1.82, 2.24) is 20.1 Å². The van der Waals surface area contributed by atoms with Gasteiger partial charge in [0.05, 0.1) is 36.7 Å². The minimum atomic E-state index is -0.269. The van der Waals surface area contributed by atoms with Crippen LogP contribution in [0, 0.1) is 0 Å². The first-order valence-corrected chi connectivity index (χ1v) is 13.1. The fourth-order valence-corrected chi connectivity index (χ4v) is 6.17. The third-order valence-corrected chi connectivity index (χ3v) is 8.00. The molecule has 9 heteroatoms. The zero-order chi connectivity index (χ0) is 24.9. The van der Waals surface area contributed by atoms with Crippen molar-refractivity contribution in [2.75, 3.05) is 30.0 Å². The highest BCUT2D eigenvalue weighted by atomic mass is 32.1. The van der Waals surface area contributed by atoms with Gasteiger partial charge in [0, 0.05) is 42.3 Å². The molecular formula is C27H30N6O2S. The van der Waals surface area contributed by atoms with Crippen LogP contribution in [0.5, 0.6) is 0 Å². The van der Waals surface area contributed by atoms with Crippen LogP contribution in [0.1, 0.15) is 34.8 Å². The summed E-state index contributed by atoms with van der Waals surface area (Å²) < 4.78 is 7.75. The van der Waals surface area contributed by atoms with Gasteiger partial charge in [0.2, 0.25) is 0 Å². The zero-order valence-electron chi connectivity index (χ0n) is 20.7. The summed E-state index contributed by atoms with van der Waals surface area (Å²) in [4.78, 5) is 20.6. The first-order chi connectivity index (χ1) is 17.3. The molecule has 1 amide bonds. The van der Waals surface area contributed by atoms with E-state index in [2.05, 4.69) is 63.1 Å². The highest BCUT2D eigenvalue weighted by molar-refractivity contribution is 7.17. The van der Waals surface area contributed by atoms with Crippen LogP contribution in [0.2, 0.25) is 0 Å². The van der Waals surface area contributed by atoms with Crippen LogP contribution in [0.25, 0.3) is 10.9 Å². The monoisotopic (exact) mass is 502 g/mol. The van der Waals surface area contributed by atoms with Gasteiger partial charge in [-0.15, -0.1) is 0 Å². The predicted molar refractivity (Wildman–Crippen MR) is 143 cm³/mol. The summed E-state index contributed by atoms with van der Waals surface area (Å²) in [5.74, 6) is -0.0158. The predicted octanol–water partition coefficient (Wildman–Crippen LogP) is 4.29. The molecule has 186 valence electrons. The zero-order valence-corrected chi connectivity index (χ0v) is 21.6. The normalized spacial score (nSPS) is 19.2. The molecule has 8 nitrogen and oxygen atoms in total. The maximum atomic E-state index is 12.6. The molecule has 6 rings (SSSR count). The fourth-order valence-electron chi connectivity index (χ4n) is 5.10. The lowest BCUT2D eigenvalue weighted by Crippen LogP contribution is -2.48. The molecule has 1 atom stereocenters. The first kappa shape index (κ1) is 23.0. The molecule has 0 bridgehead atoms. The number of aryl methyl sites for hydroxylation is 1. The van der Waals surface area contributed by atoms with E-state index in [1.807, 2.05) is 31.8 Å². The van der Waals surface area contributed by atoms with E-state index in [0.717, 1.165) is 57.4 Å². The molecule has 36 heavy (non-hydrogen) atoms. The third-order valence-electron chi connectivity index (χ3n) is 6.86. The molecule has 2 aromatic heterocycles. The van der Waals surface area contributed by atoms with E-state index in [9.17, 15) is 4.79 Å². The summed E-state index contributed by atoms with van der Waals surface area (Å²) in [6.45, 7) is 6.15. The number of carbonyl (C=O) groups excluding carboxylic acids is 1. The average molecular weight is 503 g/mol. The van der Waals surface area contributed by atoms with Crippen molar-refractivity contribution in [3.8, 4) is 0 Å². The quantitative estimate of drug-likeness (QED) is 0.424. The van der Waals surface area contributed by atoms with Gasteiger partial charge in [0.25, 0.3) is 5.91 Å². The van der Waals surface area contributed by atoms with Crippen LogP contribution in [0.3, 0.4) is 0 Å². The summed E-state index contributed by atoms with van der Waals surface area (Å²) in [6.07, 6.45) is 3.46. The highest BCUT2D eigenvalue weighted by Gasteiger charge is 2.35. The van der Waals surface area contributed by atoms with Crippen LogP contribution < -0.4 is 15.5 Å². The molecule has 1 fully saturated rings. The van der Waals surface area contributed by atoms with Gasteiger partial charge in [0.1, 0.15) is 4.88 Å². The number of anilines is 3. The molecule has 0 saturated carbocycles. The Labute approximate surface area is 214 Å². The van der Waals surface area contributed by atoms with Gasteiger partial charge in [-0.1, -0.05) is 23.5 Å². The second-order valence-electron chi connectivity index (χ2n) is 10.3. The molecule has 4 aromatic rings. The number of benzene rings is 2. The topological polar surface area (TPSA) is 84.3 Å². The number of fused-ring (bicyclic) bond motifs is 2. The number of carbonyl (C=O) groups is 1. The number of hydrogen-bond donors (Lipinski definition) is 2. The molecule has 0 aliphatic carbocycles. The number of ether oxygens (including phenoxy) is 1. The summed E-state index contributed by atoms with van der Waals surface area (Å²) in [5, 5.41) is 13.0. The van der Waals surface area contributed by atoms with Gasteiger partial charge in [-0.3, -0.25) is 9.48 Å². The molecule has 2 aliphatic heterocycles. The van der Waals surface area contributed by atoms with Crippen LogP contribution in [-0.2, 0) is 24.6 Å². The Bertz CT molecular complexity index is 1440. The second-order valence-corrected chi connectivity index (χ2v) is 11.3. The second kappa shape index (κ2) is 8.90. The van der Waals surface area contributed by atoms with Crippen LogP contribution in [0.4, 0.5) is 16.5 Å². The number of nitrogens with one attached hydrogen (secondary N) is 2. The Hall–Kier alpha value is -3.43. The van der Waals surface area contributed by atoms with E-state index < -0.39 is 0 Å². The van der Waals surface area contributed by atoms with Gasteiger partial charge in [-0.05, 0) is 56.2 Å². The summed E-state index contributed by atoms with van der Waals surface area (Å²) in [5.41, 5.74) is 5.03. The SMILES string of the molecule is Cn1ncc2ccc(Nc3cccc(CC4COCCN4c4nc5c(s4)C(=O)NC(C)(C)C5)c3)cc21. The number of hydrogen-bond acceptors (Lipinski definition) is 7. The number of aromatic nitrogens is 3. The van der Waals surface area contributed by atoms with Crippen molar-refractivity contribution in [3.63, 3.8) is 0 Å². The molecule has 2 N–H and O–H groups in total. The summed E-state index contributed by atoms with van der Waals surface area (Å²) >= 11 is 1.50. The Morgan fingerprint density at radius 3 is 2.97 bits per heavy atom.